The summed E-state index contributed by atoms with van der Waals surface area (Å²) in [5, 5.41) is 2.99. The van der Waals surface area contributed by atoms with Gasteiger partial charge in [0.25, 0.3) is 0 Å². The van der Waals surface area contributed by atoms with Gasteiger partial charge in [-0.2, -0.15) is 0 Å². The minimum Gasteiger partial charge on any atom is -0.354 e. The quantitative estimate of drug-likeness (QED) is 0.826. The number of carbonyl (C=O) groups excluding carboxylic acids is 1. The number of benzene rings is 1. The Bertz CT molecular complexity index is 454. The Morgan fingerprint density at radius 1 is 1.39 bits per heavy atom. The predicted octanol–water partition coefficient (Wildman–Crippen LogP) is 1.57. The molecule has 0 heterocycles. The third kappa shape index (κ3) is 2.41. The van der Waals surface area contributed by atoms with Crippen LogP contribution in [0, 0.1) is 5.92 Å². The van der Waals surface area contributed by atoms with Crippen molar-refractivity contribution >= 4 is 5.91 Å². The fraction of sp³-hybridized carbons (Fsp3) is 0.533. The minimum absolute atomic E-state index is 0.0197. The van der Waals surface area contributed by atoms with Crippen LogP contribution in [-0.2, 0) is 11.2 Å². The van der Waals surface area contributed by atoms with Crippen molar-refractivity contribution in [2.24, 2.45) is 11.7 Å². The summed E-state index contributed by atoms with van der Waals surface area (Å²) in [5.41, 5.74) is 8.69. The van der Waals surface area contributed by atoms with E-state index in [1.807, 2.05) is 0 Å². The maximum atomic E-state index is 11.8. The summed E-state index contributed by atoms with van der Waals surface area (Å²) in [5.74, 6) is 1.21. The normalized spacial score (nSPS) is 22.8. The summed E-state index contributed by atoms with van der Waals surface area (Å²) in [7, 11) is 0. The summed E-state index contributed by atoms with van der Waals surface area (Å²) in [6, 6.07) is 8.13. The summed E-state index contributed by atoms with van der Waals surface area (Å²) < 4.78 is 0. The molecule has 1 saturated carbocycles. The molecule has 0 saturated heterocycles. The van der Waals surface area contributed by atoms with Crippen molar-refractivity contribution < 1.29 is 4.79 Å². The standard InChI is InChI=1S/C15H20N2O/c16-14(7-10-5-6-10)15(18)17-9-12-8-11-3-1-2-4-13(11)12/h1-4,10,12,14H,5-9,16H2,(H,17,18)/t12?,14-/m0/s1. The van der Waals surface area contributed by atoms with E-state index >= 15 is 0 Å². The third-order valence-electron chi connectivity index (χ3n) is 4.10. The lowest BCUT2D eigenvalue weighted by atomic mass is 9.77. The maximum absolute atomic E-state index is 11.8. The number of hydrogen-bond donors (Lipinski definition) is 2. The zero-order valence-electron chi connectivity index (χ0n) is 10.6. The average molecular weight is 244 g/mol. The van der Waals surface area contributed by atoms with Gasteiger partial charge < -0.3 is 11.1 Å². The molecule has 18 heavy (non-hydrogen) atoms. The Kier molecular flexibility index (Phi) is 3.08. The molecule has 0 spiro atoms. The third-order valence-corrected chi connectivity index (χ3v) is 4.10. The average Bonchev–Trinajstić information content (AvgIpc) is 3.14. The van der Waals surface area contributed by atoms with Crippen molar-refractivity contribution in [2.75, 3.05) is 6.54 Å². The first-order valence-electron chi connectivity index (χ1n) is 6.85. The number of fused-ring (bicyclic) bond motifs is 1. The highest BCUT2D eigenvalue weighted by atomic mass is 16.2. The highest BCUT2D eigenvalue weighted by Crippen LogP contribution is 2.34. The molecule has 2 aliphatic carbocycles. The molecular weight excluding hydrogens is 224 g/mol. The van der Waals surface area contributed by atoms with Crippen LogP contribution in [0.4, 0.5) is 0 Å². The first-order chi connectivity index (χ1) is 8.74. The van der Waals surface area contributed by atoms with Crippen molar-refractivity contribution in [3.63, 3.8) is 0 Å². The number of amides is 1. The second kappa shape index (κ2) is 4.73. The lowest BCUT2D eigenvalue weighted by Crippen LogP contribution is -2.43. The van der Waals surface area contributed by atoms with Crippen molar-refractivity contribution in [1.29, 1.82) is 0 Å². The summed E-state index contributed by atoms with van der Waals surface area (Å²) >= 11 is 0. The van der Waals surface area contributed by atoms with Gasteiger partial charge in [0.05, 0.1) is 6.04 Å². The molecule has 1 unspecified atom stereocenters. The smallest absolute Gasteiger partial charge is 0.236 e. The predicted molar refractivity (Wildman–Crippen MR) is 71.2 cm³/mol. The van der Waals surface area contributed by atoms with E-state index in [2.05, 4.69) is 29.6 Å². The highest BCUT2D eigenvalue weighted by Gasteiger charge is 2.29. The van der Waals surface area contributed by atoms with E-state index in [-0.39, 0.29) is 11.9 Å². The lowest BCUT2D eigenvalue weighted by Gasteiger charge is -2.30. The Balaban J connectivity index is 1.46. The monoisotopic (exact) mass is 244 g/mol. The van der Waals surface area contributed by atoms with E-state index in [1.54, 1.807) is 0 Å². The number of carbonyl (C=O) groups is 1. The molecule has 96 valence electrons. The molecule has 3 rings (SSSR count). The van der Waals surface area contributed by atoms with Crippen LogP contribution in [0.15, 0.2) is 24.3 Å². The van der Waals surface area contributed by atoms with Crippen LogP contribution in [0.3, 0.4) is 0 Å². The Labute approximate surface area is 108 Å². The molecular formula is C15H20N2O. The number of nitrogens with two attached hydrogens (primary N) is 1. The summed E-state index contributed by atoms with van der Waals surface area (Å²) in [6.45, 7) is 0.730. The van der Waals surface area contributed by atoms with E-state index in [4.69, 9.17) is 5.73 Å². The number of nitrogens with one attached hydrogen (secondary N) is 1. The van der Waals surface area contributed by atoms with Crippen LogP contribution in [0.25, 0.3) is 0 Å². The molecule has 2 aliphatic rings. The molecule has 0 aliphatic heterocycles. The number of hydrogen-bond acceptors (Lipinski definition) is 2. The van der Waals surface area contributed by atoms with Crippen LogP contribution >= 0.6 is 0 Å². The van der Waals surface area contributed by atoms with Gasteiger partial charge in [0.2, 0.25) is 5.91 Å². The van der Waals surface area contributed by atoms with Gasteiger partial charge in [0.1, 0.15) is 0 Å². The fourth-order valence-electron chi connectivity index (χ4n) is 2.72. The SMILES string of the molecule is N[C@@H](CC1CC1)C(=O)NCC1Cc2ccccc21. The Morgan fingerprint density at radius 2 is 2.17 bits per heavy atom. The van der Waals surface area contributed by atoms with Gasteiger partial charge in [-0.05, 0) is 29.9 Å². The van der Waals surface area contributed by atoms with Crippen molar-refractivity contribution in [3.05, 3.63) is 35.4 Å². The van der Waals surface area contributed by atoms with E-state index < -0.39 is 0 Å². The van der Waals surface area contributed by atoms with Gasteiger partial charge in [0.15, 0.2) is 0 Å². The van der Waals surface area contributed by atoms with Crippen LogP contribution < -0.4 is 11.1 Å². The van der Waals surface area contributed by atoms with Crippen LogP contribution in [0.2, 0.25) is 0 Å². The second-order valence-corrected chi connectivity index (χ2v) is 5.63. The Hall–Kier alpha value is -1.35. The van der Waals surface area contributed by atoms with E-state index in [9.17, 15) is 4.79 Å². The minimum atomic E-state index is -0.312. The maximum Gasteiger partial charge on any atom is 0.236 e. The molecule has 0 radical (unpaired) electrons. The molecule has 3 heteroatoms. The van der Waals surface area contributed by atoms with Gasteiger partial charge in [-0.25, -0.2) is 0 Å². The summed E-state index contributed by atoms with van der Waals surface area (Å²) in [6.07, 6.45) is 4.43. The first-order valence-corrected chi connectivity index (χ1v) is 6.85. The van der Waals surface area contributed by atoms with Gasteiger partial charge >= 0.3 is 0 Å². The fourth-order valence-corrected chi connectivity index (χ4v) is 2.72. The molecule has 1 aromatic rings. The van der Waals surface area contributed by atoms with Crippen molar-refractivity contribution in [2.45, 2.75) is 37.6 Å². The lowest BCUT2D eigenvalue weighted by molar-refractivity contribution is -0.122. The molecule has 0 aromatic heterocycles. The topological polar surface area (TPSA) is 55.1 Å². The second-order valence-electron chi connectivity index (χ2n) is 5.63. The van der Waals surface area contributed by atoms with Gasteiger partial charge in [-0.15, -0.1) is 0 Å². The van der Waals surface area contributed by atoms with Gasteiger partial charge in [0, 0.05) is 12.5 Å². The Morgan fingerprint density at radius 3 is 2.89 bits per heavy atom. The number of rotatable bonds is 5. The van der Waals surface area contributed by atoms with Gasteiger partial charge in [-0.1, -0.05) is 37.1 Å². The van der Waals surface area contributed by atoms with E-state index in [0.717, 1.165) is 19.4 Å². The first kappa shape index (κ1) is 11.7. The molecule has 3 N–H and O–H groups in total. The molecule has 2 atom stereocenters. The van der Waals surface area contributed by atoms with Crippen molar-refractivity contribution in [1.82, 2.24) is 5.32 Å². The molecule has 0 bridgehead atoms. The van der Waals surface area contributed by atoms with Crippen molar-refractivity contribution in [3.8, 4) is 0 Å². The van der Waals surface area contributed by atoms with Crippen LogP contribution in [-0.4, -0.2) is 18.5 Å². The summed E-state index contributed by atoms with van der Waals surface area (Å²) in [4.78, 5) is 11.8. The van der Waals surface area contributed by atoms with Crippen LogP contribution in [0.5, 0.6) is 0 Å². The van der Waals surface area contributed by atoms with Gasteiger partial charge in [-0.3, -0.25) is 4.79 Å². The highest BCUT2D eigenvalue weighted by molar-refractivity contribution is 5.81. The van der Waals surface area contributed by atoms with Crippen LogP contribution in [0.1, 0.15) is 36.3 Å². The molecule has 1 amide bonds. The molecule has 1 aromatic carbocycles. The largest absolute Gasteiger partial charge is 0.354 e. The van der Waals surface area contributed by atoms with E-state index in [0.29, 0.717) is 11.8 Å². The van der Waals surface area contributed by atoms with E-state index in [1.165, 1.54) is 24.0 Å². The zero-order valence-corrected chi connectivity index (χ0v) is 10.6. The molecule has 3 nitrogen and oxygen atoms in total. The molecule has 1 fully saturated rings. The zero-order chi connectivity index (χ0) is 12.5.